The Morgan fingerprint density at radius 1 is 1.31 bits per heavy atom. The van der Waals surface area contributed by atoms with Crippen molar-refractivity contribution in [2.75, 3.05) is 40.3 Å². The van der Waals surface area contributed by atoms with Crippen LogP contribution < -0.4 is 5.32 Å². The Labute approximate surface area is 210 Å². The van der Waals surface area contributed by atoms with Crippen LogP contribution in [0.3, 0.4) is 0 Å². The Morgan fingerprint density at radius 2 is 2.00 bits per heavy atom. The minimum Gasteiger partial charge on any atom is -0.444 e. The fourth-order valence-electron chi connectivity index (χ4n) is 3.51. The summed E-state index contributed by atoms with van der Waals surface area (Å²) in [4.78, 5) is 20.6. The van der Waals surface area contributed by atoms with Crippen LogP contribution in [0, 0.1) is 5.92 Å². The molecule has 2 atom stereocenters. The predicted molar refractivity (Wildman–Crippen MR) is 141 cm³/mol. The van der Waals surface area contributed by atoms with Gasteiger partial charge in [0.05, 0.1) is 13.2 Å². The molecule has 182 valence electrons. The van der Waals surface area contributed by atoms with E-state index in [1.54, 1.807) is 11.9 Å². The molecule has 32 heavy (non-hydrogen) atoms. The van der Waals surface area contributed by atoms with Gasteiger partial charge in [-0.05, 0) is 46.1 Å². The molecule has 7 nitrogen and oxygen atoms in total. The van der Waals surface area contributed by atoms with Crippen LogP contribution in [0.1, 0.15) is 46.1 Å². The minimum absolute atomic E-state index is 0. The zero-order chi connectivity index (χ0) is 22.9. The number of hydrogen-bond acceptors (Lipinski definition) is 4. The summed E-state index contributed by atoms with van der Waals surface area (Å²) in [5.41, 5.74) is 0.725. The van der Waals surface area contributed by atoms with Crippen LogP contribution in [0.25, 0.3) is 0 Å². The summed E-state index contributed by atoms with van der Waals surface area (Å²) in [6.45, 7) is 11.8. The highest BCUT2D eigenvalue weighted by Crippen LogP contribution is 2.17. The molecule has 2 unspecified atom stereocenters. The first-order chi connectivity index (χ1) is 14.7. The van der Waals surface area contributed by atoms with E-state index in [4.69, 9.17) is 9.47 Å². The third-order valence-electron chi connectivity index (χ3n) is 5.45. The Bertz CT molecular complexity index is 709. The summed E-state index contributed by atoms with van der Waals surface area (Å²) in [7, 11) is 3.60. The summed E-state index contributed by atoms with van der Waals surface area (Å²) in [6, 6.07) is 10.4. The summed E-state index contributed by atoms with van der Waals surface area (Å²) in [6.07, 6.45) is 1.63. The molecule has 8 heteroatoms. The van der Waals surface area contributed by atoms with Crippen molar-refractivity contribution in [3.63, 3.8) is 0 Å². The number of rotatable bonds is 8. The predicted octanol–water partition coefficient (Wildman–Crippen LogP) is 4.36. The standard InChI is InChI=1S/C24H40N4O3.HI/c1-19(27(6)23(29)31-24(2,3)4)12-14-26-22(25-5)28-15-13-21(16-28)18-30-17-20-10-8-7-9-11-20;/h7-11,19,21H,12-18H2,1-6H3,(H,25,26);1H. The molecular formula is C24H41IN4O3. The van der Waals surface area contributed by atoms with Crippen LogP contribution in [-0.2, 0) is 16.1 Å². The van der Waals surface area contributed by atoms with Gasteiger partial charge in [0.15, 0.2) is 5.96 Å². The second-order valence-electron chi connectivity index (χ2n) is 9.30. The molecule has 0 spiro atoms. The highest BCUT2D eigenvalue weighted by Gasteiger charge is 2.26. The number of nitrogens with zero attached hydrogens (tertiary/aromatic N) is 3. The van der Waals surface area contributed by atoms with Crippen LogP contribution in [0.5, 0.6) is 0 Å². The first-order valence-electron chi connectivity index (χ1n) is 11.2. The summed E-state index contributed by atoms with van der Waals surface area (Å²) < 4.78 is 11.4. The molecule has 0 aliphatic carbocycles. The highest BCUT2D eigenvalue weighted by molar-refractivity contribution is 14.0. The molecule has 0 bridgehead atoms. The van der Waals surface area contributed by atoms with Gasteiger partial charge in [0.25, 0.3) is 0 Å². The molecule has 1 aromatic carbocycles. The normalized spacial score (nSPS) is 17.5. The Hall–Kier alpha value is -1.55. The van der Waals surface area contributed by atoms with Gasteiger partial charge in [-0.15, -0.1) is 24.0 Å². The van der Waals surface area contributed by atoms with E-state index in [0.717, 1.165) is 45.0 Å². The number of amides is 1. The van der Waals surface area contributed by atoms with Gasteiger partial charge in [0, 0.05) is 45.7 Å². The number of halogens is 1. The van der Waals surface area contributed by atoms with E-state index in [1.807, 2.05) is 52.9 Å². The largest absolute Gasteiger partial charge is 0.444 e. The van der Waals surface area contributed by atoms with Gasteiger partial charge >= 0.3 is 6.09 Å². The van der Waals surface area contributed by atoms with Gasteiger partial charge in [-0.25, -0.2) is 4.79 Å². The maximum atomic E-state index is 12.2. The Balaban J connectivity index is 0.00000512. The Morgan fingerprint density at radius 3 is 2.62 bits per heavy atom. The van der Waals surface area contributed by atoms with Crippen LogP contribution in [-0.4, -0.2) is 73.8 Å². The highest BCUT2D eigenvalue weighted by atomic mass is 127. The van der Waals surface area contributed by atoms with Crippen molar-refractivity contribution in [1.82, 2.24) is 15.1 Å². The Kier molecular flexibility index (Phi) is 12.3. The molecular weight excluding hydrogens is 519 g/mol. The van der Waals surface area contributed by atoms with Gasteiger partial charge in [0.2, 0.25) is 0 Å². The van der Waals surface area contributed by atoms with E-state index >= 15 is 0 Å². The third kappa shape index (κ3) is 9.94. The average molecular weight is 561 g/mol. The molecule has 1 fully saturated rings. The average Bonchev–Trinajstić information content (AvgIpc) is 3.18. The van der Waals surface area contributed by atoms with E-state index in [-0.39, 0.29) is 36.1 Å². The van der Waals surface area contributed by atoms with Crippen molar-refractivity contribution in [3.05, 3.63) is 35.9 Å². The maximum Gasteiger partial charge on any atom is 0.410 e. The number of carbonyl (C=O) groups excluding carboxylic acids is 1. The SMILES string of the molecule is CN=C(NCCC(C)N(C)C(=O)OC(C)(C)C)N1CCC(COCc2ccccc2)C1.I. The zero-order valence-corrected chi connectivity index (χ0v) is 22.8. The molecule has 1 amide bonds. The molecule has 1 saturated heterocycles. The molecule has 0 saturated carbocycles. The number of aliphatic imine (C=N–C) groups is 1. The van der Waals surface area contributed by atoms with Crippen molar-refractivity contribution in [1.29, 1.82) is 0 Å². The smallest absolute Gasteiger partial charge is 0.410 e. The molecule has 2 rings (SSSR count). The summed E-state index contributed by atoms with van der Waals surface area (Å²) >= 11 is 0. The van der Waals surface area contributed by atoms with Crippen molar-refractivity contribution in [2.45, 2.75) is 58.8 Å². The first-order valence-corrected chi connectivity index (χ1v) is 11.2. The second kappa shape index (κ2) is 13.9. The van der Waals surface area contributed by atoms with Crippen LogP contribution in [0.4, 0.5) is 4.79 Å². The lowest BCUT2D eigenvalue weighted by molar-refractivity contribution is 0.0230. The van der Waals surface area contributed by atoms with Crippen molar-refractivity contribution in [3.8, 4) is 0 Å². The maximum absolute atomic E-state index is 12.2. The third-order valence-corrected chi connectivity index (χ3v) is 5.45. The molecule has 1 aliphatic rings. The van der Waals surface area contributed by atoms with Gasteiger partial charge in [0.1, 0.15) is 5.60 Å². The van der Waals surface area contributed by atoms with E-state index in [9.17, 15) is 4.79 Å². The topological polar surface area (TPSA) is 66.4 Å². The van der Waals surface area contributed by atoms with E-state index in [0.29, 0.717) is 12.5 Å². The van der Waals surface area contributed by atoms with Crippen molar-refractivity contribution >= 4 is 36.0 Å². The lowest BCUT2D eigenvalue weighted by Crippen LogP contribution is -2.43. The minimum atomic E-state index is -0.484. The van der Waals surface area contributed by atoms with Crippen LogP contribution in [0.2, 0.25) is 0 Å². The molecule has 1 heterocycles. The van der Waals surface area contributed by atoms with E-state index in [2.05, 4.69) is 27.3 Å². The molecule has 1 N–H and O–H groups in total. The zero-order valence-electron chi connectivity index (χ0n) is 20.5. The summed E-state index contributed by atoms with van der Waals surface area (Å²) in [5.74, 6) is 1.43. The van der Waals surface area contributed by atoms with Crippen molar-refractivity contribution in [2.24, 2.45) is 10.9 Å². The lowest BCUT2D eigenvalue weighted by Gasteiger charge is -2.29. The number of ether oxygens (including phenoxy) is 2. The lowest BCUT2D eigenvalue weighted by atomic mass is 10.1. The quantitative estimate of drug-likeness (QED) is 0.291. The fourth-order valence-corrected chi connectivity index (χ4v) is 3.51. The first kappa shape index (κ1) is 28.5. The number of likely N-dealkylation sites (tertiary alicyclic amines) is 1. The number of benzene rings is 1. The molecule has 1 aromatic rings. The molecule has 0 radical (unpaired) electrons. The van der Waals surface area contributed by atoms with Crippen molar-refractivity contribution < 1.29 is 14.3 Å². The number of nitrogens with one attached hydrogen (secondary N) is 1. The van der Waals surface area contributed by atoms with Gasteiger partial charge < -0.3 is 24.6 Å². The van der Waals surface area contributed by atoms with Crippen LogP contribution >= 0.6 is 24.0 Å². The number of hydrogen-bond donors (Lipinski definition) is 1. The van der Waals surface area contributed by atoms with Gasteiger partial charge in [-0.1, -0.05) is 30.3 Å². The fraction of sp³-hybridized carbons (Fsp3) is 0.667. The number of carbonyl (C=O) groups is 1. The number of guanidine groups is 1. The molecule has 1 aliphatic heterocycles. The molecule has 0 aromatic heterocycles. The second-order valence-corrected chi connectivity index (χ2v) is 9.30. The van der Waals surface area contributed by atoms with Gasteiger partial charge in [-0.2, -0.15) is 0 Å². The summed E-state index contributed by atoms with van der Waals surface area (Å²) in [5, 5.41) is 3.44. The van der Waals surface area contributed by atoms with Crippen LogP contribution in [0.15, 0.2) is 35.3 Å². The van der Waals surface area contributed by atoms with E-state index in [1.165, 1.54) is 5.56 Å². The monoisotopic (exact) mass is 560 g/mol. The van der Waals surface area contributed by atoms with Gasteiger partial charge in [-0.3, -0.25) is 4.99 Å². The van der Waals surface area contributed by atoms with E-state index < -0.39 is 5.60 Å².